The number of rotatable bonds is 2. The molecule has 3 heterocycles. The minimum Gasteiger partial charge on any atom is -0.303 e. The van der Waals surface area contributed by atoms with Crippen LogP contribution in [0.3, 0.4) is 0 Å². The average molecular weight is 297 g/mol. The molecule has 0 saturated heterocycles. The van der Waals surface area contributed by atoms with Gasteiger partial charge in [-0.1, -0.05) is 35.6 Å². The molecule has 1 saturated carbocycles. The Bertz CT molecular complexity index is 816. The first-order chi connectivity index (χ1) is 10.4. The van der Waals surface area contributed by atoms with Gasteiger partial charge in [0, 0.05) is 12.5 Å². The maximum absolute atomic E-state index is 4.78. The Morgan fingerprint density at radius 2 is 2.00 bits per heavy atom. The van der Waals surface area contributed by atoms with Gasteiger partial charge in [0.15, 0.2) is 5.82 Å². The maximum atomic E-state index is 4.78. The van der Waals surface area contributed by atoms with Gasteiger partial charge < -0.3 is 5.32 Å². The normalized spacial score (nSPS) is 21.6. The molecular weight excluding hydrogens is 282 g/mol. The molecule has 1 aliphatic carbocycles. The van der Waals surface area contributed by atoms with Gasteiger partial charge in [-0.25, -0.2) is 0 Å². The maximum Gasteiger partial charge on any atom is 0.234 e. The summed E-state index contributed by atoms with van der Waals surface area (Å²) in [6, 6.07) is 8.93. The quantitative estimate of drug-likeness (QED) is 0.789. The Morgan fingerprint density at radius 1 is 1.14 bits per heavy atom. The molecule has 2 aromatic heterocycles. The molecule has 0 amide bonds. The van der Waals surface area contributed by atoms with E-state index >= 15 is 0 Å². The van der Waals surface area contributed by atoms with Crippen LogP contribution < -0.4 is 5.32 Å². The third-order valence-electron chi connectivity index (χ3n) is 4.35. The summed E-state index contributed by atoms with van der Waals surface area (Å²) in [5.74, 6) is 1.62. The largest absolute Gasteiger partial charge is 0.303 e. The van der Waals surface area contributed by atoms with E-state index < -0.39 is 0 Å². The third-order valence-corrected chi connectivity index (χ3v) is 5.37. The molecular formula is C15H15N5S. The zero-order valence-electron chi connectivity index (χ0n) is 11.5. The molecule has 106 valence electrons. The first kappa shape index (κ1) is 11.8. The molecule has 1 aliphatic heterocycles. The van der Waals surface area contributed by atoms with Crippen LogP contribution in [-0.4, -0.2) is 19.8 Å². The van der Waals surface area contributed by atoms with E-state index in [4.69, 9.17) is 5.10 Å². The molecule has 0 radical (unpaired) electrons. The van der Waals surface area contributed by atoms with Crippen LogP contribution in [0, 0.1) is 0 Å². The first-order valence-corrected chi connectivity index (χ1v) is 8.22. The lowest BCUT2D eigenvalue weighted by molar-refractivity contribution is 0.491. The van der Waals surface area contributed by atoms with Gasteiger partial charge in [-0.15, -0.1) is 10.2 Å². The molecule has 21 heavy (non-hydrogen) atoms. The Morgan fingerprint density at radius 3 is 2.86 bits per heavy atom. The van der Waals surface area contributed by atoms with Crippen molar-refractivity contribution in [2.75, 3.05) is 0 Å². The van der Waals surface area contributed by atoms with Crippen molar-refractivity contribution in [3.63, 3.8) is 0 Å². The molecule has 6 heteroatoms. The average Bonchev–Trinajstić information content (AvgIpc) is 3.15. The summed E-state index contributed by atoms with van der Waals surface area (Å²) in [6.07, 6.45) is 3.45. The number of hydrogen-bond acceptors (Lipinski definition) is 5. The van der Waals surface area contributed by atoms with E-state index in [0.29, 0.717) is 12.0 Å². The topological polar surface area (TPSA) is 55.1 Å². The monoisotopic (exact) mass is 297 g/mol. The van der Waals surface area contributed by atoms with Crippen molar-refractivity contribution >= 4 is 16.3 Å². The van der Waals surface area contributed by atoms with Crippen molar-refractivity contribution in [3.05, 3.63) is 46.2 Å². The summed E-state index contributed by atoms with van der Waals surface area (Å²) in [4.78, 5) is 0.924. The van der Waals surface area contributed by atoms with Crippen molar-refractivity contribution < 1.29 is 0 Å². The molecule has 5 rings (SSSR count). The van der Waals surface area contributed by atoms with Crippen LogP contribution in [0.4, 0.5) is 0 Å². The minimum atomic E-state index is 0.290. The van der Waals surface area contributed by atoms with Gasteiger partial charge in [0.25, 0.3) is 0 Å². The first-order valence-electron chi connectivity index (χ1n) is 7.41. The van der Waals surface area contributed by atoms with E-state index in [1.54, 1.807) is 11.3 Å². The molecule has 1 aromatic carbocycles. The highest BCUT2D eigenvalue weighted by atomic mass is 32.1. The molecule has 2 aliphatic rings. The Kier molecular flexibility index (Phi) is 2.45. The smallest absolute Gasteiger partial charge is 0.234 e. The fraction of sp³-hybridized carbons (Fsp3) is 0.400. The molecule has 1 atom stereocenters. The van der Waals surface area contributed by atoms with Gasteiger partial charge in [-0.2, -0.15) is 9.61 Å². The summed E-state index contributed by atoms with van der Waals surface area (Å²) < 4.78 is 1.96. The van der Waals surface area contributed by atoms with Crippen LogP contribution in [0.5, 0.6) is 0 Å². The lowest BCUT2D eigenvalue weighted by Gasteiger charge is -2.24. The van der Waals surface area contributed by atoms with Gasteiger partial charge in [0.1, 0.15) is 5.01 Å². The fourth-order valence-electron chi connectivity index (χ4n) is 3.01. The van der Waals surface area contributed by atoms with E-state index in [0.717, 1.165) is 28.8 Å². The van der Waals surface area contributed by atoms with Gasteiger partial charge in [0.05, 0.1) is 6.04 Å². The van der Waals surface area contributed by atoms with Crippen molar-refractivity contribution in [1.82, 2.24) is 25.1 Å². The van der Waals surface area contributed by atoms with E-state index in [9.17, 15) is 0 Å². The molecule has 5 nitrogen and oxygen atoms in total. The standard InChI is InChI=1S/C15H15N5S/c1-2-4-11-8-16-12(7-10(11)3-1)14-19-20-13(9-5-6-9)17-18-15(20)21-14/h1-4,9,12,16H,5-8H2. The number of hydrogen-bond donors (Lipinski definition) is 1. The zero-order valence-corrected chi connectivity index (χ0v) is 12.3. The van der Waals surface area contributed by atoms with Crippen molar-refractivity contribution in [1.29, 1.82) is 0 Å². The van der Waals surface area contributed by atoms with Crippen molar-refractivity contribution in [3.8, 4) is 0 Å². The molecule has 1 N–H and O–H groups in total. The van der Waals surface area contributed by atoms with Gasteiger partial charge in [-0.05, 0) is 30.4 Å². The minimum absolute atomic E-state index is 0.290. The van der Waals surface area contributed by atoms with Gasteiger partial charge in [-0.3, -0.25) is 0 Å². The van der Waals surface area contributed by atoms with E-state index in [1.165, 1.54) is 24.0 Å². The highest BCUT2D eigenvalue weighted by Crippen LogP contribution is 2.39. The molecule has 0 spiro atoms. The summed E-state index contributed by atoms with van der Waals surface area (Å²) in [5, 5.41) is 18.1. The number of aromatic nitrogens is 4. The van der Waals surface area contributed by atoms with E-state index in [-0.39, 0.29) is 0 Å². The summed E-state index contributed by atoms with van der Waals surface area (Å²) in [5.41, 5.74) is 2.82. The highest BCUT2D eigenvalue weighted by Gasteiger charge is 2.31. The molecule has 3 aromatic rings. The number of fused-ring (bicyclic) bond motifs is 2. The van der Waals surface area contributed by atoms with Crippen LogP contribution in [-0.2, 0) is 13.0 Å². The number of nitrogens with one attached hydrogen (secondary N) is 1. The van der Waals surface area contributed by atoms with Crippen molar-refractivity contribution in [2.24, 2.45) is 0 Å². The Balaban J connectivity index is 1.50. The third kappa shape index (κ3) is 1.90. The van der Waals surface area contributed by atoms with Crippen LogP contribution in [0.25, 0.3) is 4.96 Å². The summed E-state index contributed by atoms with van der Waals surface area (Å²) in [6.45, 7) is 0.913. The second kappa shape index (κ2) is 4.35. The molecule has 1 unspecified atom stereocenters. The molecule has 0 bridgehead atoms. The Hall–Kier alpha value is -1.79. The summed E-state index contributed by atoms with van der Waals surface area (Å²) >= 11 is 1.66. The van der Waals surface area contributed by atoms with Crippen LogP contribution in [0.15, 0.2) is 24.3 Å². The fourth-order valence-corrected chi connectivity index (χ4v) is 3.93. The van der Waals surface area contributed by atoms with Crippen LogP contribution in [0.2, 0.25) is 0 Å². The number of nitrogens with zero attached hydrogens (tertiary/aromatic N) is 4. The summed E-state index contributed by atoms with van der Waals surface area (Å²) in [7, 11) is 0. The second-order valence-corrected chi connectivity index (χ2v) is 6.86. The van der Waals surface area contributed by atoms with Gasteiger partial charge >= 0.3 is 0 Å². The highest BCUT2D eigenvalue weighted by molar-refractivity contribution is 7.16. The van der Waals surface area contributed by atoms with E-state index in [2.05, 4.69) is 39.8 Å². The Labute approximate surface area is 126 Å². The van der Waals surface area contributed by atoms with E-state index in [1.807, 2.05) is 4.52 Å². The van der Waals surface area contributed by atoms with Crippen molar-refractivity contribution in [2.45, 2.75) is 37.8 Å². The molecule has 1 fully saturated rings. The zero-order chi connectivity index (χ0) is 13.8. The lowest BCUT2D eigenvalue weighted by atomic mass is 9.96. The lowest BCUT2D eigenvalue weighted by Crippen LogP contribution is -2.28. The van der Waals surface area contributed by atoms with Crippen LogP contribution in [0.1, 0.15) is 46.8 Å². The predicted octanol–water partition coefficient (Wildman–Crippen LogP) is 2.45. The SMILES string of the molecule is c1ccc2c(c1)CNC(c1nn3c(C4CC4)nnc3s1)C2. The number of benzene rings is 1. The van der Waals surface area contributed by atoms with Crippen LogP contribution >= 0.6 is 11.3 Å². The predicted molar refractivity (Wildman–Crippen MR) is 80.4 cm³/mol. The van der Waals surface area contributed by atoms with Gasteiger partial charge in [0.2, 0.25) is 4.96 Å². The second-order valence-electron chi connectivity index (χ2n) is 5.87.